The van der Waals surface area contributed by atoms with Crippen LogP contribution in [-0.4, -0.2) is 0 Å². The third kappa shape index (κ3) is 6.19. The van der Waals surface area contributed by atoms with Gasteiger partial charge in [0.25, 0.3) is 0 Å². The second kappa shape index (κ2) is 15.6. The minimum absolute atomic E-state index is 0.328. The summed E-state index contributed by atoms with van der Waals surface area (Å²) in [5, 5.41) is 8.04. The van der Waals surface area contributed by atoms with E-state index in [4.69, 9.17) is 0 Å². The smallest absolute Gasteiger partial charge is 0.0622 e. The molecule has 0 spiro atoms. The van der Waals surface area contributed by atoms with E-state index in [9.17, 15) is 0 Å². The fourth-order valence-corrected chi connectivity index (χ4v) is 11.5. The van der Waals surface area contributed by atoms with Crippen molar-refractivity contribution < 1.29 is 0 Å². The fourth-order valence-electron chi connectivity index (χ4n) is 11.5. The Labute approximate surface area is 371 Å². The first-order chi connectivity index (χ1) is 31.3. The van der Waals surface area contributed by atoms with Crippen molar-refractivity contribution in [2.75, 3.05) is 0 Å². The largest absolute Gasteiger partial charge is 0.0676 e. The molecule has 0 fully saturated rings. The maximum atomic E-state index is 2.48. The van der Waals surface area contributed by atoms with Gasteiger partial charge in [-0.15, -0.1) is 0 Å². The van der Waals surface area contributed by atoms with E-state index < -0.39 is 0 Å². The Balaban J connectivity index is 0.900. The van der Waals surface area contributed by atoms with E-state index in [-0.39, 0.29) is 5.41 Å². The van der Waals surface area contributed by atoms with E-state index in [1.54, 1.807) is 0 Å². The predicted octanol–water partition coefficient (Wildman–Crippen LogP) is 16.7. The molecule has 0 N–H and O–H groups in total. The highest BCUT2D eigenvalue weighted by Gasteiger charge is 2.47. The molecule has 0 aliphatic heterocycles. The monoisotopic (exact) mass is 804 g/mol. The zero-order chi connectivity index (χ0) is 41.7. The van der Waals surface area contributed by atoms with Gasteiger partial charge in [0.15, 0.2) is 0 Å². The van der Waals surface area contributed by atoms with Crippen LogP contribution in [0.15, 0.2) is 235 Å². The summed E-state index contributed by atoms with van der Waals surface area (Å²) in [4.78, 5) is 0. The van der Waals surface area contributed by atoms with E-state index in [0.717, 1.165) is 38.5 Å². The molecule has 0 atom stereocenters. The normalized spacial score (nSPS) is 16.8. The second-order valence-electron chi connectivity index (χ2n) is 17.7. The molecule has 0 amide bonds. The Bertz CT molecular complexity index is 3260. The third-order valence-corrected chi connectivity index (χ3v) is 14.4. The van der Waals surface area contributed by atoms with Crippen LogP contribution in [0.2, 0.25) is 0 Å². The summed E-state index contributed by atoms with van der Waals surface area (Å²) >= 11 is 0. The zero-order valence-electron chi connectivity index (χ0n) is 35.5. The molecule has 0 unspecified atom stereocenters. The zero-order valence-corrected chi connectivity index (χ0v) is 35.5. The summed E-state index contributed by atoms with van der Waals surface area (Å²) in [6, 6.07) is 63.1. The molecule has 8 aromatic carbocycles. The molecule has 300 valence electrons. The van der Waals surface area contributed by atoms with Crippen LogP contribution in [0.5, 0.6) is 0 Å². The van der Waals surface area contributed by atoms with Gasteiger partial charge < -0.3 is 0 Å². The summed E-state index contributed by atoms with van der Waals surface area (Å²) in [6.07, 6.45) is 25.2. The number of rotatable bonds is 7. The highest BCUT2D eigenvalue weighted by atomic mass is 14.5. The number of hydrogen-bond acceptors (Lipinski definition) is 0. The third-order valence-electron chi connectivity index (χ3n) is 14.4. The van der Waals surface area contributed by atoms with Crippen molar-refractivity contribution in [3.63, 3.8) is 0 Å². The average molecular weight is 805 g/mol. The van der Waals surface area contributed by atoms with Crippen molar-refractivity contribution in [2.24, 2.45) is 0 Å². The summed E-state index contributed by atoms with van der Waals surface area (Å²) < 4.78 is 0. The maximum Gasteiger partial charge on any atom is 0.0676 e. The molecule has 0 nitrogen and oxygen atoms in total. The van der Waals surface area contributed by atoms with E-state index >= 15 is 0 Å². The van der Waals surface area contributed by atoms with Crippen molar-refractivity contribution >= 4 is 49.0 Å². The SMILES string of the molecule is C(=CC1=CC=C(c2c3ccccc3c(C3=CC=C(C4(c5ccccc5)c5ccccc5-c5ccccc54)CC3)c3ccccc23)CC1)C1=CC=C(c2cccc3ccccc23)CC1. The lowest BCUT2D eigenvalue weighted by Crippen LogP contribution is -2.30. The Kier molecular flexibility index (Phi) is 9.26. The Morgan fingerprint density at radius 3 is 1.30 bits per heavy atom. The van der Waals surface area contributed by atoms with Crippen molar-refractivity contribution in [3.05, 3.63) is 269 Å². The highest BCUT2D eigenvalue weighted by Crippen LogP contribution is 2.58. The van der Waals surface area contributed by atoms with E-state index in [0.29, 0.717) is 0 Å². The van der Waals surface area contributed by atoms with E-state index in [1.807, 2.05) is 0 Å². The standard InChI is InChI=1S/C63H48/c1-2-17-49(18-3-1)63(59-27-12-10-20-53(59)54-21-11-13-28-60(54)63)50-41-39-48(40-42-50)62-57-24-8-6-22-55(57)61(56-23-7-9-25-58(56)62)47-37-33-44(34-38-47)30-29-43-31-35-46(36-32-43)52-26-14-16-45-15-4-5-19-51(45)52/h1-31,33,35,37,39,41H,32,34,36,38,40,42H2. The first-order valence-electron chi connectivity index (χ1n) is 22.8. The molecule has 0 saturated heterocycles. The van der Waals surface area contributed by atoms with Gasteiger partial charge in [-0.25, -0.2) is 0 Å². The van der Waals surface area contributed by atoms with E-state index in [1.165, 1.54) is 110 Å². The molecule has 12 rings (SSSR count). The molecule has 0 radical (unpaired) electrons. The van der Waals surface area contributed by atoms with E-state index in [2.05, 4.69) is 218 Å². The average Bonchev–Trinajstić information content (AvgIpc) is 3.66. The minimum atomic E-state index is -0.328. The summed E-state index contributed by atoms with van der Waals surface area (Å²) in [7, 11) is 0. The van der Waals surface area contributed by atoms with Gasteiger partial charge in [0.05, 0.1) is 5.41 Å². The van der Waals surface area contributed by atoms with Crippen LogP contribution in [0.3, 0.4) is 0 Å². The van der Waals surface area contributed by atoms with Crippen LogP contribution < -0.4 is 0 Å². The minimum Gasteiger partial charge on any atom is -0.0622 e. The highest BCUT2D eigenvalue weighted by molar-refractivity contribution is 6.16. The Hall–Kier alpha value is -7.28. The predicted molar refractivity (Wildman–Crippen MR) is 269 cm³/mol. The van der Waals surface area contributed by atoms with Crippen LogP contribution in [-0.2, 0) is 5.41 Å². The van der Waals surface area contributed by atoms with Crippen LogP contribution in [0, 0.1) is 0 Å². The Morgan fingerprint density at radius 2 is 0.762 bits per heavy atom. The molecule has 4 aliphatic rings. The quantitative estimate of drug-likeness (QED) is 0.141. The molecule has 0 heterocycles. The first-order valence-corrected chi connectivity index (χ1v) is 22.8. The Morgan fingerprint density at radius 1 is 0.317 bits per heavy atom. The molecule has 8 aromatic rings. The molecule has 0 saturated carbocycles. The molecular formula is C63H48. The van der Waals surface area contributed by atoms with Crippen molar-refractivity contribution in [3.8, 4) is 11.1 Å². The van der Waals surface area contributed by atoms with Crippen LogP contribution in [0.1, 0.15) is 71.9 Å². The topological polar surface area (TPSA) is 0 Å². The molecular weight excluding hydrogens is 757 g/mol. The van der Waals surface area contributed by atoms with Gasteiger partial charge in [-0.3, -0.25) is 0 Å². The van der Waals surface area contributed by atoms with Gasteiger partial charge in [0.2, 0.25) is 0 Å². The number of hydrogen-bond donors (Lipinski definition) is 0. The van der Waals surface area contributed by atoms with Gasteiger partial charge in [-0.2, -0.15) is 0 Å². The lowest BCUT2D eigenvalue weighted by molar-refractivity contribution is 0.696. The van der Waals surface area contributed by atoms with Crippen LogP contribution in [0.4, 0.5) is 0 Å². The fraction of sp³-hybridized carbons (Fsp3) is 0.111. The van der Waals surface area contributed by atoms with Crippen molar-refractivity contribution in [1.82, 2.24) is 0 Å². The molecule has 0 bridgehead atoms. The summed E-state index contributed by atoms with van der Waals surface area (Å²) in [6.45, 7) is 0. The number of benzene rings is 8. The molecule has 4 aliphatic carbocycles. The number of allylic oxidation sites excluding steroid dienone is 14. The van der Waals surface area contributed by atoms with Gasteiger partial charge in [0.1, 0.15) is 0 Å². The second-order valence-corrected chi connectivity index (χ2v) is 17.7. The summed E-state index contributed by atoms with van der Waals surface area (Å²) in [5.74, 6) is 0. The maximum absolute atomic E-state index is 2.48. The molecule has 63 heavy (non-hydrogen) atoms. The van der Waals surface area contributed by atoms with Crippen molar-refractivity contribution in [1.29, 1.82) is 0 Å². The van der Waals surface area contributed by atoms with Gasteiger partial charge in [0, 0.05) is 0 Å². The lowest BCUT2D eigenvalue weighted by atomic mass is 9.65. The molecule has 0 aromatic heterocycles. The number of fused-ring (bicyclic) bond motifs is 6. The van der Waals surface area contributed by atoms with Gasteiger partial charge in [-0.1, -0.05) is 224 Å². The first kappa shape index (κ1) is 37.5. The van der Waals surface area contributed by atoms with Crippen LogP contribution in [0.25, 0.3) is 60.2 Å². The summed E-state index contributed by atoms with van der Waals surface area (Å²) in [5.41, 5.74) is 19.2. The van der Waals surface area contributed by atoms with Gasteiger partial charge in [-0.05, 0) is 143 Å². The van der Waals surface area contributed by atoms with Gasteiger partial charge >= 0.3 is 0 Å². The van der Waals surface area contributed by atoms with Crippen LogP contribution >= 0.6 is 0 Å². The van der Waals surface area contributed by atoms with Crippen molar-refractivity contribution in [2.45, 2.75) is 43.9 Å². The lowest BCUT2D eigenvalue weighted by Gasteiger charge is -2.37. The molecule has 0 heteroatoms.